The molecule has 0 aromatic carbocycles. The predicted octanol–water partition coefficient (Wildman–Crippen LogP) is -1.44. The Morgan fingerprint density at radius 2 is 2.17 bits per heavy atom. The van der Waals surface area contributed by atoms with Gasteiger partial charge in [0.1, 0.15) is 13.1 Å². The topological polar surface area (TPSA) is 105 Å². The van der Waals surface area contributed by atoms with Crippen molar-refractivity contribution in [3.05, 3.63) is 0 Å². The Bertz CT molecular complexity index is 212. The summed E-state index contributed by atoms with van der Waals surface area (Å²) in [6, 6.07) is 0. The number of nitrogens with two attached hydrogens (primary N) is 1. The second-order valence-electron chi connectivity index (χ2n) is 2.15. The Labute approximate surface area is 69.5 Å². The van der Waals surface area contributed by atoms with Crippen LogP contribution in [0.25, 0.3) is 0 Å². The van der Waals surface area contributed by atoms with Gasteiger partial charge in [-0.05, 0) is 6.92 Å². The molecule has 4 N–H and O–H groups in total. The summed E-state index contributed by atoms with van der Waals surface area (Å²) in [6.07, 6.45) is 0. The molecule has 0 aromatic heterocycles. The molecule has 0 unspecified atom stereocenters. The number of ketones is 1. The van der Waals surface area contributed by atoms with Crippen LogP contribution in [-0.4, -0.2) is 35.9 Å². The first kappa shape index (κ1) is 10.4. The van der Waals surface area contributed by atoms with E-state index in [1.54, 1.807) is 0 Å². The number of hydrogen-bond donors (Lipinski definition) is 3. The van der Waals surface area contributed by atoms with Gasteiger partial charge in [0.05, 0.1) is 0 Å². The molecule has 0 fully saturated rings. The van der Waals surface area contributed by atoms with E-state index in [1.807, 2.05) is 0 Å². The smallest absolute Gasteiger partial charge is 0.322 e. The highest BCUT2D eigenvalue weighted by Crippen LogP contribution is 1.72. The minimum Gasteiger partial charge on any atom is -0.480 e. The Hall–Kier alpha value is -1.59. The van der Waals surface area contributed by atoms with Crippen LogP contribution in [0.15, 0.2) is 4.99 Å². The van der Waals surface area contributed by atoms with Crippen LogP contribution in [0.3, 0.4) is 0 Å². The van der Waals surface area contributed by atoms with Crippen LogP contribution in [0.2, 0.25) is 0 Å². The van der Waals surface area contributed by atoms with Gasteiger partial charge in [0, 0.05) is 0 Å². The van der Waals surface area contributed by atoms with Gasteiger partial charge < -0.3 is 16.2 Å². The maximum absolute atomic E-state index is 10.4. The monoisotopic (exact) mass is 173 g/mol. The van der Waals surface area contributed by atoms with Gasteiger partial charge in [0.2, 0.25) is 0 Å². The minimum absolute atomic E-state index is 0.0293. The highest BCUT2D eigenvalue weighted by atomic mass is 16.4. The number of Topliss-reactive ketones (excluding diaryl/α,β-unsaturated/α-hetero) is 1. The molecule has 0 rings (SSSR count). The van der Waals surface area contributed by atoms with Gasteiger partial charge in [-0.15, -0.1) is 0 Å². The van der Waals surface area contributed by atoms with Gasteiger partial charge >= 0.3 is 5.97 Å². The quantitative estimate of drug-likeness (QED) is 0.357. The molecular weight excluding hydrogens is 162 g/mol. The summed E-state index contributed by atoms with van der Waals surface area (Å²) in [5.41, 5.74) is 5.19. The van der Waals surface area contributed by atoms with E-state index in [-0.39, 0.29) is 24.8 Å². The third kappa shape index (κ3) is 6.53. The van der Waals surface area contributed by atoms with Crippen LogP contribution in [0.5, 0.6) is 0 Å². The summed E-state index contributed by atoms with van der Waals surface area (Å²) in [5.74, 6) is -1.20. The van der Waals surface area contributed by atoms with Gasteiger partial charge in [0.25, 0.3) is 0 Å². The first-order valence-electron chi connectivity index (χ1n) is 3.27. The van der Waals surface area contributed by atoms with Crippen molar-refractivity contribution in [2.75, 3.05) is 13.1 Å². The van der Waals surface area contributed by atoms with Crippen molar-refractivity contribution in [1.29, 1.82) is 0 Å². The van der Waals surface area contributed by atoms with Crippen LogP contribution in [0.4, 0.5) is 0 Å². The Kier molecular flexibility index (Phi) is 4.43. The third-order valence-corrected chi connectivity index (χ3v) is 0.893. The number of nitrogens with one attached hydrogen (secondary N) is 1. The van der Waals surface area contributed by atoms with Crippen molar-refractivity contribution in [2.24, 2.45) is 10.7 Å². The Morgan fingerprint density at radius 3 is 2.58 bits per heavy atom. The van der Waals surface area contributed by atoms with Crippen LogP contribution < -0.4 is 11.1 Å². The zero-order valence-corrected chi connectivity index (χ0v) is 6.70. The molecule has 0 radical (unpaired) electrons. The Balaban J connectivity index is 3.70. The van der Waals surface area contributed by atoms with E-state index in [0.717, 1.165) is 0 Å². The lowest BCUT2D eigenvalue weighted by molar-refractivity contribution is -0.135. The first-order valence-corrected chi connectivity index (χ1v) is 3.27. The summed E-state index contributed by atoms with van der Waals surface area (Å²) < 4.78 is 0. The molecule has 0 heterocycles. The van der Waals surface area contributed by atoms with Crippen LogP contribution in [0.1, 0.15) is 6.92 Å². The summed E-state index contributed by atoms with van der Waals surface area (Å²) in [6.45, 7) is 1.04. The maximum Gasteiger partial charge on any atom is 0.322 e. The average molecular weight is 173 g/mol. The number of carboxylic acids is 1. The first-order chi connectivity index (χ1) is 5.52. The Morgan fingerprint density at radius 1 is 1.58 bits per heavy atom. The van der Waals surface area contributed by atoms with Crippen molar-refractivity contribution in [2.45, 2.75) is 6.92 Å². The normalized spacial score (nSPS) is 10.9. The molecule has 68 valence electrons. The van der Waals surface area contributed by atoms with Gasteiger partial charge in [-0.2, -0.15) is 0 Å². The van der Waals surface area contributed by atoms with Gasteiger partial charge in [-0.3, -0.25) is 9.59 Å². The van der Waals surface area contributed by atoms with E-state index in [4.69, 9.17) is 10.8 Å². The number of aliphatic carboxylic acids is 1. The minimum atomic E-state index is -1.03. The summed E-state index contributed by atoms with van der Waals surface area (Å²) in [4.78, 5) is 23.9. The second-order valence-corrected chi connectivity index (χ2v) is 2.15. The van der Waals surface area contributed by atoms with Crippen molar-refractivity contribution in [3.63, 3.8) is 0 Å². The van der Waals surface area contributed by atoms with Crippen LogP contribution in [-0.2, 0) is 9.59 Å². The molecular formula is C6H11N3O3. The molecule has 6 heteroatoms. The van der Waals surface area contributed by atoms with Crippen molar-refractivity contribution < 1.29 is 14.7 Å². The zero-order valence-electron chi connectivity index (χ0n) is 6.70. The number of carboxylic acid groups (broad SMARTS) is 1. The number of guanidine groups is 1. The highest BCUT2D eigenvalue weighted by Gasteiger charge is 1.97. The zero-order chi connectivity index (χ0) is 9.56. The standard InChI is InChI=1S/C6H11N3O3/c1-4(10)2-8-6(7)9-3-5(11)12/h2-3H2,1H3,(H,11,12)(H3,7,8,9). The van der Waals surface area contributed by atoms with Crippen molar-refractivity contribution >= 4 is 17.7 Å². The molecule has 0 atom stereocenters. The fourth-order valence-corrected chi connectivity index (χ4v) is 0.419. The number of rotatable bonds is 4. The molecule has 0 aliphatic rings. The van der Waals surface area contributed by atoms with Gasteiger partial charge in [-0.1, -0.05) is 0 Å². The summed E-state index contributed by atoms with van der Waals surface area (Å²) in [5, 5.41) is 10.5. The van der Waals surface area contributed by atoms with Gasteiger partial charge in [-0.25, -0.2) is 4.99 Å². The molecule has 0 aromatic rings. The lowest BCUT2D eigenvalue weighted by Gasteiger charge is -2.00. The molecule has 0 aliphatic heterocycles. The van der Waals surface area contributed by atoms with Crippen molar-refractivity contribution in [3.8, 4) is 0 Å². The lowest BCUT2D eigenvalue weighted by Crippen LogP contribution is -2.36. The number of nitrogens with zero attached hydrogens (tertiary/aromatic N) is 1. The van der Waals surface area contributed by atoms with Crippen LogP contribution in [0, 0.1) is 0 Å². The second kappa shape index (κ2) is 5.11. The van der Waals surface area contributed by atoms with Crippen LogP contribution >= 0.6 is 0 Å². The number of carbonyl (C=O) groups is 2. The fourth-order valence-electron chi connectivity index (χ4n) is 0.419. The third-order valence-electron chi connectivity index (χ3n) is 0.893. The maximum atomic E-state index is 10.4. The molecule has 12 heavy (non-hydrogen) atoms. The predicted molar refractivity (Wildman–Crippen MR) is 42.8 cm³/mol. The van der Waals surface area contributed by atoms with E-state index in [2.05, 4.69) is 10.3 Å². The molecule has 6 nitrogen and oxygen atoms in total. The average Bonchev–Trinajstić information content (AvgIpc) is 1.96. The largest absolute Gasteiger partial charge is 0.480 e. The number of aliphatic imine (C=N–C) groups is 1. The SMILES string of the molecule is CC(=O)CN=C(N)NCC(=O)O. The molecule has 0 saturated heterocycles. The molecule has 0 bridgehead atoms. The molecule has 0 aliphatic carbocycles. The molecule has 0 amide bonds. The summed E-state index contributed by atoms with van der Waals surface area (Å²) >= 11 is 0. The number of hydrogen-bond acceptors (Lipinski definition) is 3. The van der Waals surface area contributed by atoms with E-state index in [1.165, 1.54) is 6.92 Å². The molecule has 0 saturated carbocycles. The van der Waals surface area contributed by atoms with Crippen molar-refractivity contribution in [1.82, 2.24) is 5.32 Å². The summed E-state index contributed by atoms with van der Waals surface area (Å²) in [7, 11) is 0. The van der Waals surface area contributed by atoms with E-state index in [9.17, 15) is 9.59 Å². The fraction of sp³-hybridized carbons (Fsp3) is 0.500. The highest BCUT2D eigenvalue weighted by molar-refractivity contribution is 5.85. The van der Waals surface area contributed by atoms with E-state index < -0.39 is 5.97 Å². The van der Waals surface area contributed by atoms with Gasteiger partial charge in [0.15, 0.2) is 11.7 Å². The van der Waals surface area contributed by atoms with E-state index >= 15 is 0 Å². The molecule has 0 spiro atoms. The lowest BCUT2D eigenvalue weighted by atomic mass is 10.5. The van der Waals surface area contributed by atoms with E-state index in [0.29, 0.717) is 0 Å². The number of carbonyl (C=O) groups excluding carboxylic acids is 1.